The van der Waals surface area contributed by atoms with Gasteiger partial charge >= 0.3 is 6.09 Å². The lowest BCUT2D eigenvalue weighted by atomic mass is 10.3. The van der Waals surface area contributed by atoms with E-state index >= 15 is 0 Å². The molecule has 0 radical (unpaired) electrons. The molecule has 1 aliphatic heterocycles. The largest absolute Gasteiger partial charge is 0.447 e. The third-order valence-corrected chi connectivity index (χ3v) is 3.62. The van der Waals surface area contributed by atoms with Gasteiger partial charge in [-0.05, 0) is 27.4 Å². The molecule has 3 nitrogen and oxygen atoms in total. The quantitative estimate of drug-likeness (QED) is 0.828. The van der Waals surface area contributed by atoms with E-state index in [0.717, 1.165) is 9.35 Å². The number of thiophene rings is 1. The van der Waals surface area contributed by atoms with Gasteiger partial charge < -0.3 is 10.1 Å². The fourth-order valence-corrected chi connectivity index (χ4v) is 2.77. The summed E-state index contributed by atoms with van der Waals surface area (Å²) in [5.41, 5.74) is 0. The zero-order valence-electron chi connectivity index (χ0n) is 6.04. The number of ether oxygens (including phenoxy) is 1. The summed E-state index contributed by atoms with van der Waals surface area (Å²) in [7, 11) is 0. The van der Waals surface area contributed by atoms with Crippen molar-refractivity contribution in [2.75, 3.05) is 6.61 Å². The van der Waals surface area contributed by atoms with Crippen LogP contribution in [0.5, 0.6) is 0 Å². The highest BCUT2D eigenvalue weighted by molar-refractivity contribution is 9.10. The first kappa shape index (κ1) is 8.07. The second-order valence-electron chi connectivity index (χ2n) is 2.43. The van der Waals surface area contributed by atoms with Crippen molar-refractivity contribution < 1.29 is 9.53 Å². The summed E-state index contributed by atoms with van der Waals surface area (Å²) in [6.45, 7) is 0.429. The molecule has 0 spiro atoms. The Balaban J connectivity index is 2.21. The molecule has 0 unspecified atom stereocenters. The maximum Gasteiger partial charge on any atom is 0.407 e. The second kappa shape index (κ2) is 3.06. The minimum Gasteiger partial charge on any atom is -0.447 e. The molecule has 0 aromatic carbocycles. The summed E-state index contributed by atoms with van der Waals surface area (Å²) in [5.74, 6) is 0. The Morgan fingerprint density at radius 2 is 2.58 bits per heavy atom. The molecule has 1 atom stereocenters. The molecule has 1 aromatic heterocycles. The number of cyclic esters (lactones) is 1. The van der Waals surface area contributed by atoms with E-state index in [2.05, 4.69) is 21.2 Å². The van der Waals surface area contributed by atoms with Crippen LogP contribution in [0, 0.1) is 0 Å². The molecule has 0 aliphatic carbocycles. The predicted octanol–water partition coefficient (Wildman–Crippen LogP) is 2.29. The van der Waals surface area contributed by atoms with Crippen molar-refractivity contribution in [1.29, 1.82) is 0 Å². The standard InChI is InChI=1S/C7H6BrNO2S/c8-4-1-2-12-6(4)5-3-11-7(10)9-5/h1-2,5H,3H2,(H,9,10)/t5-/m0/s1. The summed E-state index contributed by atoms with van der Waals surface area (Å²) in [6, 6.07) is 1.98. The average molecular weight is 248 g/mol. The van der Waals surface area contributed by atoms with Crippen LogP contribution in [-0.4, -0.2) is 12.7 Å². The van der Waals surface area contributed by atoms with Crippen LogP contribution in [0.2, 0.25) is 0 Å². The molecule has 2 heterocycles. The molecule has 1 N–H and O–H groups in total. The second-order valence-corrected chi connectivity index (χ2v) is 4.23. The van der Waals surface area contributed by atoms with Gasteiger partial charge in [0, 0.05) is 9.35 Å². The van der Waals surface area contributed by atoms with Gasteiger partial charge in [-0.25, -0.2) is 4.79 Å². The number of nitrogens with one attached hydrogen (secondary N) is 1. The topological polar surface area (TPSA) is 38.3 Å². The molecule has 1 saturated heterocycles. The van der Waals surface area contributed by atoms with Crippen LogP contribution in [0.25, 0.3) is 0 Å². The van der Waals surface area contributed by atoms with Gasteiger partial charge in [-0.3, -0.25) is 0 Å². The van der Waals surface area contributed by atoms with Gasteiger partial charge in [0.05, 0.1) is 0 Å². The molecule has 1 fully saturated rings. The highest BCUT2D eigenvalue weighted by Crippen LogP contribution is 2.30. The molecule has 1 aromatic rings. The van der Waals surface area contributed by atoms with E-state index in [1.54, 1.807) is 11.3 Å². The van der Waals surface area contributed by atoms with Gasteiger partial charge in [-0.2, -0.15) is 0 Å². The summed E-state index contributed by atoms with van der Waals surface area (Å²) in [6.07, 6.45) is -0.333. The van der Waals surface area contributed by atoms with Crippen LogP contribution in [-0.2, 0) is 4.74 Å². The first-order valence-corrected chi connectivity index (χ1v) is 5.11. The van der Waals surface area contributed by atoms with Crippen LogP contribution in [0.4, 0.5) is 4.79 Å². The number of halogens is 1. The molecule has 0 saturated carbocycles. The number of alkyl carbamates (subject to hydrolysis) is 1. The van der Waals surface area contributed by atoms with Gasteiger partial charge in [0.15, 0.2) is 0 Å². The molecular weight excluding hydrogens is 242 g/mol. The van der Waals surface area contributed by atoms with Crippen LogP contribution in [0.3, 0.4) is 0 Å². The van der Waals surface area contributed by atoms with E-state index in [1.165, 1.54) is 0 Å². The molecule has 0 bridgehead atoms. The lowest BCUT2D eigenvalue weighted by Crippen LogP contribution is -2.17. The van der Waals surface area contributed by atoms with Crippen LogP contribution in [0.15, 0.2) is 15.9 Å². The Morgan fingerprint density at radius 3 is 3.08 bits per heavy atom. The van der Waals surface area contributed by atoms with Crippen molar-refractivity contribution in [3.63, 3.8) is 0 Å². The fourth-order valence-electron chi connectivity index (χ4n) is 1.08. The lowest BCUT2D eigenvalue weighted by molar-refractivity contribution is 0.177. The fraction of sp³-hybridized carbons (Fsp3) is 0.286. The SMILES string of the molecule is O=C1N[C@H](c2sccc2Br)CO1. The third kappa shape index (κ3) is 1.34. The Bertz CT molecular complexity index is 312. The van der Waals surface area contributed by atoms with Crippen molar-refractivity contribution in [3.05, 3.63) is 20.8 Å². The first-order chi connectivity index (χ1) is 5.77. The smallest absolute Gasteiger partial charge is 0.407 e. The first-order valence-electron chi connectivity index (χ1n) is 3.43. The van der Waals surface area contributed by atoms with Crippen molar-refractivity contribution in [1.82, 2.24) is 5.32 Å². The molecule has 1 aliphatic rings. The predicted molar refractivity (Wildman–Crippen MR) is 49.2 cm³/mol. The van der Waals surface area contributed by atoms with E-state index in [1.807, 2.05) is 11.4 Å². The van der Waals surface area contributed by atoms with Gasteiger partial charge in [0.2, 0.25) is 0 Å². The van der Waals surface area contributed by atoms with Crippen LogP contribution >= 0.6 is 27.3 Å². The molecule has 64 valence electrons. The summed E-state index contributed by atoms with van der Waals surface area (Å²) < 4.78 is 5.81. The number of hydrogen-bond acceptors (Lipinski definition) is 3. The van der Waals surface area contributed by atoms with E-state index in [9.17, 15) is 4.79 Å². The average Bonchev–Trinajstić information content (AvgIpc) is 2.58. The molecular formula is C7H6BrNO2S. The monoisotopic (exact) mass is 247 g/mol. The van der Waals surface area contributed by atoms with Gasteiger partial charge in [0.25, 0.3) is 0 Å². The maximum absolute atomic E-state index is 10.7. The van der Waals surface area contributed by atoms with Crippen molar-refractivity contribution in [3.8, 4) is 0 Å². The van der Waals surface area contributed by atoms with E-state index in [0.29, 0.717) is 6.61 Å². The zero-order chi connectivity index (χ0) is 8.55. The van der Waals surface area contributed by atoms with Crippen molar-refractivity contribution >= 4 is 33.4 Å². The zero-order valence-corrected chi connectivity index (χ0v) is 8.44. The highest BCUT2D eigenvalue weighted by atomic mass is 79.9. The van der Waals surface area contributed by atoms with Crippen molar-refractivity contribution in [2.24, 2.45) is 0 Å². The molecule has 2 rings (SSSR count). The Labute approximate surface area is 81.9 Å². The highest BCUT2D eigenvalue weighted by Gasteiger charge is 2.26. The number of carbonyl (C=O) groups excluding carboxylic acids is 1. The minimum absolute atomic E-state index is 0.0203. The molecule has 5 heteroatoms. The van der Waals surface area contributed by atoms with E-state index < -0.39 is 0 Å². The van der Waals surface area contributed by atoms with Crippen molar-refractivity contribution in [2.45, 2.75) is 6.04 Å². The Hall–Kier alpha value is -0.550. The minimum atomic E-state index is -0.333. The van der Waals surface area contributed by atoms with E-state index in [4.69, 9.17) is 4.74 Å². The van der Waals surface area contributed by atoms with Gasteiger partial charge in [-0.15, -0.1) is 11.3 Å². The van der Waals surface area contributed by atoms with Gasteiger partial charge in [0.1, 0.15) is 12.6 Å². The van der Waals surface area contributed by atoms with Gasteiger partial charge in [-0.1, -0.05) is 0 Å². The number of rotatable bonds is 1. The number of carbonyl (C=O) groups is 1. The summed E-state index contributed by atoms with van der Waals surface area (Å²) in [4.78, 5) is 11.8. The normalized spacial score (nSPS) is 22.1. The number of hydrogen-bond donors (Lipinski definition) is 1. The molecule has 1 amide bonds. The molecule has 12 heavy (non-hydrogen) atoms. The third-order valence-electron chi connectivity index (χ3n) is 1.63. The number of amides is 1. The van der Waals surface area contributed by atoms with Crippen LogP contribution in [0.1, 0.15) is 10.9 Å². The Morgan fingerprint density at radius 1 is 1.75 bits per heavy atom. The maximum atomic E-state index is 10.7. The Kier molecular flexibility index (Phi) is 2.06. The summed E-state index contributed by atoms with van der Waals surface area (Å²) in [5, 5.41) is 4.69. The van der Waals surface area contributed by atoms with E-state index in [-0.39, 0.29) is 12.1 Å². The lowest BCUT2D eigenvalue weighted by Gasteiger charge is -2.03. The summed E-state index contributed by atoms with van der Waals surface area (Å²) >= 11 is 5.01. The van der Waals surface area contributed by atoms with Crippen LogP contribution < -0.4 is 5.32 Å².